The maximum absolute atomic E-state index is 12.7. The van der Waals surface area contributed by atoms with Gasteiger partial charge < -0.3 is 20.5 Å². The monoisotopic (exact) mass is 362 g/mol. The number of para-hydroxylation sites is 1. The van der Waals surface area contributed by atoms with Crippen LogP contribution in [0.4, 0.5) is 11.4 Å². The summed E-state index contributed by atoms with van der Waals surface area (Å²) in [5.74, 6) is -1.000. The Balaban J connectivity index is 1.59. The van der Waals surface area contributed by atoms with Gasteiger partial charge >= 0.3 is 0 Å². The van der Waals surface area contributed by atoms with E-state index in [-0.39, 0.29) is 24.3 Å². The van der Waals surface area contributed by atoms with Crippen molar-refractivity contribution < 1.29 is 14.4 Å². The SMILES string of the molecule is C[C@H]1NC(=O)c2ccccc2N(CC(=O)Nc2ccc3cc[nH]c3c2)C1=O. The van der Waals surface area contributed by atoms with Crippen LogP contribution >= 0.6 is 0 Å². The summed E-state index contributed by atoms with van der Waals surface area (Å²) in [4.78, 5) is 42.0. The fourth-order valence-corrected chi connectivity index (χ4v) is 3.22. The number of hydrogen-bond donors (Lipinski definition) is 3. The van der Waals surface area contributed by atoms with Crippen molar-refractivity contribution in [2.75, 3.05) is 16.8 Å². The molecule has 1 aliphatic heterocycles. The van der Waals surface area contributed by atoms with Crippen LogP contribution in [-0.2, 0) is 9.59 Å². The lowest BCUT2D eigenvalue weighted by Crippen LogP contribution is -2.46. The van der Waals surface area contributed by atoms with Crippen LogP contribution in [-0.4, -0.2) is 35.3 Å². The summed E-state index contributed by atoms with van der Waals surface area (Å²) in [5.41, 5.74) is 2.34. The summed E-state index contributed by atoms with van der Waals surface area (Å²) in [6, 6.07) is 13.5. The van der Waals surface area contributed by atoms with Crippen LogP contribution in [0.3, 0.4) is 0 Å². The van der Waals surface area contributed by atoms with Gasteiger partial charge in [0.1, 0.15) is 12.6 Å². The molecule has 3 N–H and O–H groups in total. The lowest BCUT2D eigenvalue weighted by Gasteiger charge is -2.23. The number of aromatic nitrogens is 1. The number of nitrogens with one attached hydrogen (secondary N) is 3. The van der Waals surface area contributed by atoms with Crippen LogP contribution in [0, 0.1) is 0 Å². The molecule has 0 bridgehead atoms. The minimum Gasteiger partial charge on any atom is -0.361 e. The summed E-state index contributed by atoms with van der Waals surface area (Å²) in [6.45, 7) is 1.42. The number of nitrogens with zero attached hydrogens (tertiary/aromatic N) is 1. The van der Waals surface area contributed by atoms with Crippen molar-refractivity contribution in [2.45, 2.75) is 13.0 Å². The van der Waals surface area contributed by atoms with Crippen molar-refractivity contribution in [2.24, 2.45) is 0 Å². The van der Waals surface area contributed by atoms with E-state index in [0.717, 1.165) is 10.9 Å². The molecule has 1 atom stereocenters. The van der Waals surface area contributed by atoms with Crippen LogP contribution in [0.2, 0.25) is 0 Å². The van der Waals surface area contributed by atoms with Crippen LogP contribution in [0.25, 0.3) is 10.9 Å². The molecule has 2 heterocycles. The van der Waals surface area contributed by atoms with Gasteiger partial charge in [0.25, 0.3) is 5.91 Å². The predicted molar refractivity (Wildman–Crippen MR) is 103 cm³/mol. The van der Waals surface area contributed by atoms with E-state index < -0.39 is 6.04 Å². The number of amides is 3. The van der Waals surface area contributed by atoms with E-state index in [4.69, 9.17) is 0 Å². The Bertz CT molecular complexity index is 1060. The van der Waals surface area contributed by atoms with Crippen molar-refractivity contribution in [1.82, 2.24) is 10.3 Å². The Morgan fingerprint density at radius 2 is 1.96 bits per heavy atom. The maximum Gasteiger partial charge on any atom is 0.254 e. The van der Waals surface area contributed by atoms with Gasteiger partial charge in [-0.15, -0.1) is 0 Å². The van der Waals surface area contributed by atoms with Gasteiger partial charge in [0, 0.05) is 17.4 Å². The van der Waals surface area contributed by atoms with Gasteiger partial charge in [0.15, 0.2) is 0 Å². The fourth-order valence-electron chi connectivity index (χ4n) is 3.22. The third-order valence-electron chi connectivity index (χ3n) is 4.56. The van der Waals surface area contributed by atoms with Gasteiger partial charge in [-0.05, 0) is 42.6 Å². The average Bonchev–Trinajstić information content (AvgIpc) is 3.10. The quantitative estimate of drug-likeness (QED) is 0.667. The second kappa shape index (κ2) is 6.60. The van der Waals surface area contributed by atoms with Crippen LogP contribution in [0.15, 0.2) is 54.7 Å². The molecule has 0 radical (unpaired) electrons. The first-order valence-electron chi connectivity index (χ1n) is 8.61. The van der Waals surface area contributed by atoms with Crippen molar-refractivity contribution >= 4 is 40.0 Å². The Morgan fingerprint density at radius 1 is 1.15 bits per heavy atom. The van der Waals surface area contributed by atoms with Gasteiger partial charge in [0.05, 0.1) is 11.3 Å². The number of carbonyl (C=O) groups excluding carboxylic acids is 3. The fraction of sp³-hybridized carbons (Fsp3) is 0.150. The third-order valence-corrected chi connectivity index (χ3v) is 4.56. The topological polar surface area (TPSA) is 94.3 Å². The second-order valence-corrected chi connectivity index (χ2v) is 6.46. The van der Waals surface area contributed by atoms with E-state index in [1.54, 1.807) is 37.3 Å². The molecule has 0 aliphatic carbocycles. The summed E-state index contributed by atoms with van der Waals surface area (Å²) >= 11 is 0. The first kappa shape index (κ1) is 16.8. The zero-order valence-corrected chi connectivity index (χ0v) is 14.7. The average molecular weight is 362 g/mol. The van der Waals surface area contributed by atoms with Crippen molar-refractivity contribution in [3.63, 3.8) is 0 Å². The van der Waals surface area contributed by atoms with Gasteiger partial charge in [-0.3, -0.25) is 14.4 Å². The molecule has 7 nitrogen and oxygen atoms in total. The number of benzene rings is 2. The van der Waals surface area contributed by atoms with Gasteiger partial charge in [0.2, 0.25) is 11.8 Å². The summed E-state index contributed by atoms with van der Waals surface area (Å²) < 4.78 is 0. The van der Waals surface area contributed by atoms with E-state index in [1.165, 1.54) is 4.90 Å². The molecule has 0 fully saturated rings. The number of anilines is 2. The number of carbonyl (C=O) groups is 3. The predicted octanol–water partition coefficient (Wildman–Crippen LogP) is 2.27. The van der Waals surface area contributed by atoms with Gasteiger partial charge in [-0.1, -0.05) is 18.2 Å². The molecule has 4 rings (SSSR count). The maximum atomic E-state index is 12.7. The number of aromatic amines is 1. The highest BCUT2D eigenvalue weighted by Gasteiger charge is 2.32. The van der Waals surface area contributed by atoms with E-state index >= 15 is 0 Å². The number of H-pyrrole nitrogens is 1. The third kappa shape index (κ3) is 3.15. The Morgan fingerprint density at radius 3 is 2.81 bits per heavy atom. The van der Waals surface area contributed by atoms with Gasteiger partial charge in [-0.25, -0.2) is 0 Å². The number of fused-ring (bicyclic) bond motifs is 2. The Labute approximate surface area is 155 Å². The molecule has 0 unspecified atom stereocenters. The summed E-state index contributed by atoms with van der Waals surface area (Å²) in [7, 11) is 0. The molecule has 1 aromatic heterocycles. The standard InChI is InChI=1S/C20H18N4O3/c1-12-20(27)24(17-5-3-2-4-15(17)19(26)22-12)11-18(25)23-14-7-6-13-8-9-21-16(13)10-14/h2-10,12,21H,11H2,1H3,(H,22,26)(H,23,25)/t12-/m1/s1. The molecular weight excluding hydrogens is 344 g/mol. The number of rotatable bonds is 3. The molecule has 1 aliphatic rings. The first-order chi connectivity index (χ1) is 13.0. The van der Waals surface area contributed by atoms with Gasteiger partial charge in [-0.2, -0.15) is 0 Å². The second-order valence-electron chi connectivity index (χ2n) is 6.46. The zero-order valence-electron chi connectivity index (χ0n) is 14.7. The first-order valence-corrected chi connectivity index (χ1v) is 8.61. The molecule has 0 saturated heterocycles. The molecule has 3 amide bonds. The summed E-state index contributed by atoms with van der Waals surface area (Å²) in [6.07, 6.45) is 1.83. The highest BCUT2D eigenvalue weighted by Crippen LogP contribution is 2.24. The highest BCUT2D eigenvalue weighted by atomic mass is 16.2. The lowest BCUT2D eigenvalue weighted by molar-refractivity contribution is -0.122. The number of hydrogen-bond acceptors (Lipinski definition) is 3. The lowest BCUT2D eigenvalue weighted by atomic mass is 10.1. The minimum absolute atomic E-state index is 0.183. The zero-order chi connectivity index (χ0) is 19.0. The molecule has 3 aromatic rings. The van der Waals surface area contributed by atoms with Crippen molar-refractivity contribution in [3.8, 4) is 0 Å². The molecule has 7 heteroatoms. The molecule has 0 spiro atoms. The van der Waals surface area contributed by atoms with E-state index in [1.807, 2.05) is 24.4 Å². The summed E-state index contributed by atoms with van der Waals surface area (Å²) in [5, 5.41) is 6.51. The molecule has 27 heavy (non-hydrogen) atoms. The Hall–Kier alpha value is -3.61. The van der Waals surface area contributed by atoms with Crippen LogP contribution in [0.5, 0.6) is 0 Å². The smallest absolute Gasteiger partial charge is 0.254 e. The van der Waals surface area contributed by atoms with E-state index in [2.05, 4.69) is 15.6 Å². The molecule has 136 valence electrons. The van der Waals surface area contributed by atoms with Crippen LogP contribution < -0.4 is 15.5 Å². The van der Waals surface area contributed by atoms with Crippen LogP contribution in [0.1, 0.15) is 17.3 Å². The molecule has 0 saturated carbocycles. The van der Waals surface area contributed by atoms with E-state index in [9.17, 15) is 14.4 Å². The van der Waals surface area contributed by atoms with Crippen molar-refractivity contribution in [1.29, 1.82) is 0 Å². The molecular formula is C20H18N4O3. The largest absolute Gasteiger partial charge is 0.361 e. The van der Waals surface area contributed by atoms with Crippen molar-refractivity contribution in [3.05, 3.63) is 60.3 Å². The minimum atomic E-state index is -0.715. The highest BCUT2D eigenvalue weighted by molar-refractivity contribution is 6.13. The normalized spacial score (nSPS) is 16.6. The molecule has 2 aromatic carbocycles. The van der Waals surface area contributed by atoms with E-state index in [0.29, 0.717) is 16.9 Å². The Kier molecular flexibility index (Phi) is 4.12.